The lowest BCUT2D eigenvalue weighted by atomic mass is 9.79. The molecule has 0 bridgehead atoms. The van der Waals surface area contributed by atoms with Gasteiger partial charge in [-0.25, -0.2) is 4.68 Å². The maximum absolute atomic E-state index is 13.1. The molecular formula is C20H27N3O2. The number of hydrogen-bond donors (Lipinski definition) is 0. The third-order valence-electron chi connectivity index (χ3n) is 5.35. The van der Waals surface area contributed by atoms with E-state index < -0.39 is 0 Å². The van der Waals surface area contributed by atoms with Crippen LogP contribution in [-0.4, -0.2) is 40.8 Å². The van der Waals surface area contributed by atoms with Crippen molar-refractivity contribution in [2.24, 2.45) is 13.0 Å². The molecule has 1 aromatic heterocycles. The molecule has 1 aliphatic rings. The Labute approximate surface area is 149 Å². The maximum atomic E-state index is 13.1. The van der Waals surface area contributed by atoms with Crippen molar-refractivity contribution in [1.29, 1.82) is 0 Å². The number of hydrogen-bond acceptors (Lipinski definition) is 3. The van der Waals surface area contributed by atoms with Crippen molar-refractivity contribution in [2.75, 3.05) is 20.2 Å². The highest BCUT2D eigenvalue weighted by Gasteiger charge is 2.34. The Morgan fingerprint density at radius 1 is 1.32 bits per heavy atom. The Balaban J connectivity index is 1.81. The van der Waals surface area contributed by atoms with Crippen molar-refractivity contribution in [3.8, 4) is 5.88 Å². The summed E-state index contributed by atoms with van der Waals surface area (Å²) in [4.78, 5) is 15.1. The Hall–Kier alpha value is -2.30. The Morgan fingerprint density at radius 3 is 2.68 bits per heavy atom. The average Bonchev–Trinajstić information content (AvgIpc) is 2.94. The number of rotatable bonds is 4. The molecule has 2 aromatic rings. The lowest BCUT2D eigenvalue weighted by molar-refractivity contribution is 0.0641. The molecule has 1 aromatic carbocycles. The van der Waals surface area contributed by atoms with Gasteiger partial charge >= 0.3 is 0 Å². The molecule has 1 saturated heterocycles. The monoisotopic (exact) mass is 341 g/mol. The zero-order valence-electron chi connectivity index (χ0n) is 15.5. The van der Waals surface area contributed by atoms with Crippen LogP contribution in [0.5, 0.6) is 5.88 Å². The van der Waals surface area contributed by atoms with Gasteiger partial charge in [-0.3, -0.25) is 4.79 Å². The zero-order chi connectivity index (χ0) is 18.0. The standard InChI is InChI=1S/C20H27N3O2/c1-5-15-13-23(12-11-17(15)16-9-7-6-8-10-16)19(24)18-14(2)21-22(3)20(18)25-4/h6-10,15,17H,5,11-13H2,1-4H3. The second kappa shape index (κ2) is 7.30. The van der Waals surface area contributed by atoms with Gasteiger partial charge in [-0.05, 0) is 30.7 Å². The first-order chi connectivity index (χ1) is 12.1. The second-order valence-electron chi connectivity index (χ2n) is 6.82. The van der Waals surface area contributed by atoms with Crippen LogP contribution >= 0.6 is 0 Å². The van der Waals surface area contributed by atoms with Crippen molar-refractivity contribution in [3.05, 3.63) is 47.2 Å². The molecule has 3 rings (SSSR count). The molecule has 134 valence electrons. The molecule has 25 heavy (non-hydrogen) atoms. The molecule has 1 fully saturated rings. The molecule has 2 unspecified atom stereocenters. The molecule has 0 saturated carbocycles. The number of nitrogens with zero attached hydrogens (tertiary/aromatic N) is 3. The van der Waals surface area contributed by atoms with Gasteiger partial charge in [0.1, 0.15) is 5.56 Å². The number of methoxy groups -OCH3 is 1. The molecule has 0 aliphatic carbocycles. The number of aryl methyl sites for hydroxylation is 2. The summed E-state index contributed by atoms with van der Waals surface area (Å²) in [5.74, 6) is 1.57. The zero-order valence-corrected chi connectivity index (χ0v) is 15.5. The summed E-state index contributed by atoms with van der Waals surface area (Å²) >= 11 is 0. The predicted molar refractivity (Wildman–Crippen MR) is 98.0 cm³/mol. The fourth-order valence-corrected chi connectivity index (χ4v) is 4.04. The number of carbonyl (C=O) groups excluding carboxylic acids is 1. The number of amides is 1. The molecule has 2 atom stereocenters. The van der Waals surface area contributed by atoms with E-state index >= 15 is 0 Å². The third-order valence-corrected chi connectivity index (χ3v) is 5.35. The summed E-state index contributed by atoms with van der Waals surface area (Å²) in [5, 5.41) is 4.34. The van der Waals surface area contributed by atoms with Crippen LogP contribution in [0.4, 0.5) is 0 Å². The highest BCUT2D eigenvalue weighted by Crippen LogP contribution is 2.36. The van der Waals surface area contributed by atoms with Gasteiger partial charge in [0.15, 0.2) is 0 Å². The van der Waals surface area contributed by atoms with Gasteiger partial charge in [-0.1, -0.05) is 43.7 Å². The van der Waals surface area contributed by atoms with Gasteiger partial charge in [-0.2, -0.15) is 5.10 Å². The molecule has 5 heteroatoms. The number of ether oxygens (including phenoxy) is 1. The lowest BCUT2D eigenvalue weighted by Crippen LogP contribution is -2.43. The summed E-state index contributed by atoms with van der Waals surface area (Å²) in [6, 6.07) is 10.7. The topological polar surface area (TPSA) is 47.4 Å². The van der Waals surface area contributed by atoms with Crippen molar-refractivity contribution in [3.63, 3.8) is 0 Å². The minimum absolute atomic E-state index is 0.0346. The fourth-order valence-electron chi connectivity index (χ4n) is 4.04. The SMILES string of the molecule is CCC1CN(C(=O)c2c(C)nn(C)c2OC)CCC1c1ccccc1. The van der Waals surface area contributed by atoms with Crippen LogP contribution in [0.2, 0.25) is 0 Å². The molecule has 0 radical (unpaired) electrons. The van der Waals surface area contributed by atoms with E-state index in [2.05, 4.69) is 42.4 Å². The Bertz CT molecular complexity index is 739. The van der Waals surface area contributed by atoms with E-state index in [1.807, 2.05) is 11.8 Å². The van der Waals surface area contributed by atoms with Gasteiger partial charge < -0.3 is 9.64 Å². The van der Waals surface area contributed by atoms with Crippen LogP contribution in [0.25, 0.3) is 0 Å². The predicted octanol–water partition coefficient (Wildman–Crippen LogP) is 3.39. The molecule has 1 aliphatic heterocycles. The quantitative estimate of drug-likeness (QED) is 0.856. The summed E-state index contributed by atoms with van der Waals surface area (Å²) in [6.07, 6.45) is 2.06. The Kier molecular flexibility index (Phi) is 5.11. The van der Waals surface area contributed by atoms with E-state index in [0.29, 0.717) is 23.3 Å². The highest BCUT2D eigenvalue weighted by atomic mass is 16.5. The van der Waals surface area contributed by atoms with E-state index in [9.17, 15) is 4.79 Å². The molecule has 0 N–H and O–H groups in total. The fraction of sp³-hybridized carbons (Fsp3) is 0.500. The van der Waals surface area contributed by atoms with Gasteiger partial charge in [0.2, 0.25) is 5.88 Å². The normalized spacial score (nSPS) is 20.6. The first-order valence-corrected chi connectivity index (χ1v) is 8.98. The smallest absolute Gasteiger partial charge is 0.261 e. The van der Waals surface area contributed by atoms with Crippen LogP contribution in [0, 0.1) is 12.8 Å². The van der Waals surface area contributed by atoms with E-state index in [1.54, 1.807) is 18.8 Å². The van der Waals surface area contributed by atoms with Crippen molar-refractivity contribution < 1.29 is 9.53 Å². The second-order valence-corrected chi connectivity index (χ2v) is 6.82. The summed E-state index contributed by atoms with van der Waals surface area (Å²) in [7, 11) is 3.39. The van der Waals surface area contributed by atoms with E-state index in [0.717, 1.165) is 31.6 Å². The van der Waals surface area contributed by atoms with Crippen molar-refractivity contribution in [2.45, 2.75) is 32.6 Å². The van der Waals surface area contributed by atoms with Gasteiger partial charge in [0.05, 0.1) is 12.8 Å². The third kappa shape index (κ3) is 3.28. The van der Waals surface area contributed by atoms with Crippen LogP contribution in [0.15, 0.2) is 30.3 Å². The molecule has 2 heterocycles. The van der Waals surface area contributed by atoms with Gasteiger partial charge in [0.25, 0.3) is 5.91 Å². The van der Waals surface area contributed by atoms with Crippen molar-refractivity contribution >= 4 is 5.91 Å². The largest absolute Gasteiger partial charge is 0.481 e. The number of aromatic nitrogens is 2. The summed E-state index contributed by atoms with van der Waals surface area (Å²) in [6.45, 7) is 5.63. The summed E-state index contributed by atoms with van der Waals surface area (Å²) < 4.78 is 7.04. The Morgan fingerprint density at radius 2 is 2.04 bits per heavy atom. The van der Waals surface area contributed by atoms with Crippen LogP contribution < -0.4 is 4.74 Å². The minimum Gasteiger partial charge on any atom is -0.481 e. The summed E-state index contributed by atoms with van der Waals surface area (Å²) in [5.41, 5.74) is 2.71. The number of piperidine rings is 1. The van der Waals surface area contributed by atoms with E-state index in [1.165, 1.54) is 5.56 Å². The number of likely N-dealkylation sites (tertiary alicyclic amines) is 1. The lowest BCUT2D eigenvalue weighted by Gasteiger charge is -2.38. The molecule has 5 nitrogen and oxygen atoms in total. The van der Waals surface area contributed by atoms with Gasteiger partial charge in [0, 0.05) is 20.1 Å². The van der Waals surface area contributed by atoms with Crippen molar-refractivity contribution in [1.82, 2.24) is 14.7 Å². The maximum Gasteiger partial charge on any atom is 0.261 e. The van der Waals surface area contributed by atoms with E-state index in [4.69, 9.17) is 4.74 Å². The minimum atomic E-state index is 0.0346. The first kappa shape index (κ1) is 17.5. The first-order valence-electron chi connectivity index (χ1n) is 8.98. The van der Waals surface area contributed by atoms with Gasteiger partial charge in [-0.15, -0.1) is 0 Å². The van der Waals surface area contributed by atoms with Crippen LogP contribution in [0.1, 0.15) is 47.3 Å². The molecular weight excluding hydrogens is 314 g/mol. The average molecular weight is 341 g/mol. The molecule has 1 amide bonds. The van der Waals surface area contributed by atoms with E-state index in [-0.39, 0.29) is 5.91 Å². The van der Waals surface area contributed by atoms with Crippen LogP contribution in [-0.2, 0) is 7.05 Å². The van der Waals surface area contributed by atoms with Crippen LogP contribution in [0.3, 0.4) is 0 Å². The molecule has 0 spiro atoms. The highest BCUT2D eigenvalue weighted by molar-refractivity contribution is 5.97. The number of benzene rings is 1. The number of carbonyl (C=O) groups is 1.